The Morgan fingerprint density at radius 1 is 1.21 bits per heavy atom. The fourth-order valence-electron chi connectivity index (χ4n) is 1.52. The molecule has 1 aliphatic rings. The number of hydrogen-bond donors (Lipinski definition) is 0. The van der Waals surface area contributed by atoms with Crippen LogP contribution in [0.5, 0.6) is 0 Å². The van der Waals surface area contributed by atoms with Gasteiger partial charge in [0.2, 0.25) is 0 Å². The molecular weight excluding hydrogens is 176 g/mol. The summed E-state index contributed by atoms with van der Waals surface area (Å²) in [6.45, 7) is 0. The van der Waals surface area contributed by atoms with Gasteiger partial charge in [-0.15, -0.1) is 0 Å². The van der Waals surface area contributed by atoms with Crippen molar-refractivity contribution < 1.29 is 10.3 Å². The zero-order valence-electron chi connectivity index (χ0n) is 8.20. The Morgan fingerprint density at radius 2 is 1.86 bits per heavy atom. The van der Waals surface area contributed by atoms with E-state index in [0.717, 1.165) is 25.7 Å². The lowest BCUT2D eigenvalue weighted by molar-refractivity contribution is -0.120. The van der Waals surface area contributed by atoms with E-state index in [1.54, 1.807) is 0 Å². The highest BCUT2D eigenvalue weighted by Gasteiger charge is 2.28. The lowest BCUT2D eigenvalue weighted by Gasteiger charge is -1.99. The number of ketones is 1. The van der Waals surface area contributed by atoms with Crippen molar-refractivity contribution in [1.29, 1.82) is 0 Å². The largest absolute Gasteiger partial charge is 0.412 e. The lowest BCUT2D eigenvalue weighted by Crippen LogP contribution is -2.01. The summed E-state index contributed by atoms with van der Waals surface area (Å²) in [5.41, 5.74) is 1.27. The minimum atomic E-state index is 0. The summed E-state index contributed by atoms with van der Waals surface area (Å²) in [6.07, 6.45) is 3.91. The van der Waals surface area contributed by atoms with Gasteiger partial charge < -0.3 is 5.48 Å². The van der Waals surface area contributed by atoms with Crippen molar-refractivity contribution >= 4 is 5.78 Å². The van der Waals surface area contributed by atoms with Gasteiger partial charge in [-0.25, -0.2) is 0 Å². The normalized spacial score (nSPS) is 14.6. The highest BCUT2D eigenvalue weighted by molar-refractivity contribution is 5.83. The number of benzene rings is 1. The fourth-order valence-corrected chi connectivity index (χ4v) is 1.52. The summed E-state index contributed by atoms with van der Waals surface area (Å²) in [5.74, 6) is 0.882. The zero-order chi connectivity index (χ0) is 9.10. The van der Waals surface area contributed by atoms with E-state index in [-0.39, 0.29) is 5.48 Å². The van der Waals surface area contributed by atoms with Gasteiger partial charge in [-0.1, -0.05) is 30.3 Å². The molecule has 1 saturated carbocycles. The quantitative estimate of drug-likeness (QED) is 0.717. The average molecular weight is 192 g/mol. The van der Waals surface area contributed by atoms with Crippen LogP contribution in [0.1, 0.15) is 24.8 Å². The van der Waals surface area contributed by atoms with Crippen LogP contribution in [0.3, 0.4) is 0 Å². The molecular formula is C12H16O2. The molecule has 2 rings (SSSR count). The Morgan fingerprint density at radius 3 is 2.43 bits per heavy atom. The van der Waals surface area contributed by atoms with Crippen molar-refractivity contribution in [3.63, 3.8) is 0 Å². The molecule has 0 aliphatic heterocycles. The maximum atomic E-state index is 11.4. The van der Waals surface area contributed by atoms with Crippen LogP contribution in [0.4, 0.5) is 0 Å². The summed E-state index contributed by atoms with van der Waals surface area (Å²) in [6, 6.07) is 10.2. The van der Waals surface area contributed by atoms with Gasteiger partial charge >= 0.3 is 0 Å². The smallest absolute Gasteiger partial charge is 0.136 e. The van der Waals surface area contributed by atoms with Crippen molar-refractivity contribution in [2.24, 2.45) is 5.92 Å². The Kier molecular flexibility index (Phi) is 3.84. The molecule has 0 aromatic heterocycles. The maximum absolute atomic E-state index is 11.4. The molecule has 0 radical (unpaired) electrons. The lowest BCUT2D eigenvalue weighted by atomic mass is 10.1. The number of hydrogen-bond acceptors (Lipinski definition) is 1. The molecule has 76 valence electrons. The first kappa shape index (κ1) is 10.9. The predicted molar refractivity (Wildman–Crippen MR) is 56.1 cm³/mol. The number of rotatable bonds is 4. The van der Waals surface area contributed by atoms with Crippen LogP contribution in [0, 0.1) is 5.92 Å². The monoisotopic (exact) mass is 192 g/mol. The molecule has 0 spiro atoms. The average Bonchev–Trinajstić information content (AvgIpc) is 2.99. The van der Waals surface area contributed by atoms with E-state index >= 15 is 0 Å². The second-order valence-electron chi connectivity index (χ2n) is 3.73. The van der Waals surface area contributed by atoms with E-state index < -0.39 is 0 Å². The summed E-state index contributed by atoms with van der Waals surface area (Å²) in [7, 11) is 0. The molecule has 2 nitrogen and oxygen atoms in total. The van der Waals surface area contributed by atoms with Crippen molar-refractivity contribution in [2.45, 2.75) is 25.7 Å². The third kappa shape index (κ3) is 2.96. The Hall–Kier alpha value is -1.15. The zero-order valence-corrected chi connectivity index (χ0v) is 8.20. The van der Waals surface area contributed by atoms with E-state index in [1.807, 2.05) is 18.2 Å². The van der Waals surface area contributed by atoms with E-state index in [1.165, 1.54) is 5.56 Å². The van der Waals surface area contributed by atoms with E-state index in [9.17, 15) is 4.79 Å². The number of Topliss-reactive ketones (excluding diaryl/α,β-unsaturated/α-hetero) is 1. The molecule has 0 atom stereocenters. The number of carbonyl (C=O) groups is 1. The maximum Gasteiger partial charge on any atom is 0.136 e. The molecule has 0 bridgehead atoms. The van der Waals surface area contributed by atoms with Gasteiger partial charge in [0.15, 0.2) is 0 Å². The van der Waals surface area contributed by atoms with Crippen LogP contribution in [0.2, 0.25) is 0 Å². The van der Waals surface area contributed by atoms with Crippen LogP contribution < -0.4 is 0 Å². The SMILES string of the molecule is O.O=C(CCc1ccccc1)C1CC1. The van der Waals surface area contributed by atoms with Gasteiger partial charge in [0.25, 0.3) is 0 Å². The van der Waals surface area contributed by atoms with Crippen molar-refractivity contribution in [3.8, 4) is 0 Å². The molecule has 14 heavy (non-hydrogen) atoms. The minimum absolute atomic E-state index is 0. The first-order valence-electron chi connectivity index (χ1n) is 4.93. The molecule has 2 heteroatoms. The molecule has 2 N–H and O–H groups in total. The molecule has 1 aromatic carbocycles. The highest BCUT2D eigenvalue weighted by Crippen LogP contribution is 2.31. The predicted octanol–water partition coefficient (Wildman–Crippen LogP) is 1.77. The van der Waals surface area contributed by atoms with Crippen molar-refractivity contribution in [1.82, 2.24) is 0 Å². The standard InChI is InChI=1S/C12H14O.H2O/c13-12(11-7-8-11)9-6-10-4-2-1-3-5-10;/h1-5,11H,6-9H2;1H2. The Bertz CT molecular complexity index is 288. The van der Waals surface area contributed by atoms with Crippen LogP contribution in [-0.4, -0.2) is 11.3 Å². The molecule has 1 aromatic rings. The third-order valence-corrected chi connectivity index (χ3v) is 2.54. The third-order valence-electron chi connectivity index (χ3n) is 2.54. The first-order valence-corrected chi connectivity index (χ1v) is 4.93. The molecule has 0 saturated heterocycles. The van der Waals surface area contributed by atoms with Crippen molar-refractivity contribution in [2.75, 3.05) is 0 Å². The molecule has 0 unspecified atom stereocenters. The summed E-state index contributed by atoms with van der Waals surface area (Å²) in [5, 5.41) is 0. The van der Waals surface area contributed by atoms with Gasteiger partial charge in [-0.2, -0.15) is 0 Å². The molecule has 1 fully saturated rings. The van der Waals surface area contributed by atoms with E-state index in [2.05, 4.69) is 12.1 Å². The van der Waals surface area contributed by atoms with Gasteiger partial charge in [-0.05, 0) is 24.8 Å². The highest BCUT2D eigenvalue weighted by atomic mass is 16.1. The molecule has 0 heterocycles. The van der Waals surface area contributed by atoms with Gasteiger partial charge in [0.1, 0.15) is 5.78 Å². The number of carbonyl (C=O) groups excluding carboxylic acids is 1. The second-order valence-corrected chi connectivity index (χ2v) is 3.73. The van der Waals surface area contributed by atoms with Gasteiger partial charge in [0, 0.05) is 12.3 Å². The summed E-state index contributed by atoms with van der Waals surface area (Å²) < 4.78 is 0. The molecule has 1 aliphatic carbocycles. The Balaban J connectivity index is 0.000000980. The first-order chi connectivity index (χ1) is 6.36. The van der Waals surface area contributed by atoms with E-state index in [0.29, 0.717) is 11.7 Å². The molecule has 0 amide bonds. The number of aryl methyl sites for hydroxylation is 1. The van der Waals surface area contributed by atoms with Crippen LogP contribution in [0.15, 0.2) is 30.3 Å². The minimum Gasteiger partial charge on any atom is -0.412 e. The van der Waals surface area contributed by atoms with E-state index in [4.69, 9.17) is 0 Å². The van der Waals surface area contributed by atoms with Crippen LogP contribution in [0.25, 0.3) is 0 Å². The Labute approximate surface area is 84.3 Å². The fraction of sp³-hybridized carbons (Fsp3) is 0.417. The van der Waals surface area contributed by atoms with Gasteiger partial charge in [0.05, 0.1) is 0 Å². The van der Waals surface area contributed by atoms with Gasteiger partial charge in [-0.3, -0.25) is 4.79 Å². The summed E-state index contributed by atoms with van der Waals surface area (Å²) in [4.78, 5) is 11.4. The van der Waals surface area contributed by atoms with Crippen LogP contribution in [-0.2, 0) is 11.2 Å². The second kappa shape index (κ2) is 4.91. The van der Waals surface area contributed by atoms with Crippen LogP contribution >= 0.6 is 0 Å². The topological polar surface area (TPSA) is 48.6 Å². The summed E-state index contributed by atoms with van der Waals surface area (Å²) >= 11 is 0. The van der Waals surface area contributed by atoms with Crippen molar-refractivity contribution in [3.05, 3.63) is 35.9 Å².